The number of hydrogen-bond donors (Lipinski definition) is 1. The van der Waals surface area contributed by atoms with Crippen LogP contribution in [0.1, 0.15) is 40.6 Å². The van der Waals surface area contributed by atoms with E-state index in [4.69, 9.17) is 4.74 Å². The van der Waals surface area contributed by atoms with Gasteiger partial charge in [0.25, 0.3) is 5.91 Å². The molecular weight excluding hydrogens is 474 g/mol. The number of halogens is 2. The van der Waals surface area contributed by atoms with Gasteiger partial charge in [-0.05, 0) is 56.2 Å². The lowest BCUT2D eigenvalue weighted by molar-refractivity contribution is 0.102. The molecule has 4 rings (SSSR count). The van der Waals surface area contributed by atoms with Crippen LogP contribution in [-0.4, -0.2) is 42.0 Å². The van der Waals surface area contributed by atoms with E-state index in [0.29, 0.717) is 36.8 Å². The summed E-state index contributed by atoms with van der Waals surface area (Å²) in [5, 5.41) is 10.7. The number of nitrogens with zero attached hydrogens (tertiary/aromatic N) is 3. The van der Waals surface area contributed by atoms with E-state index in [1.807, 2.05) is 6.92 Å². The number of carbonyl (C=O) groups excluding carboxylic acids is 1. The molecule has 0 saturated carbocycles. The molecule has 1 N–H and O–H groups in total. The quantitative estimate of drug-likeness (QED) is 0.533. The molecule has 12 heteroatoms. The molecule has 0 radical (unpaired) electrons. The Labute approximate surface area is 193 Å². The molecule has 1 aliphatic rings. The Hall–Kier alpha value is -2.96. The summed E-state index contributed by atoms with van der Waals surface area (Å²) in [6.45, 7) is 2.63. The minimum absolute atomic E-state index is 0.0138. The van der Waals surface area contributed by atoms with Gasteiger partial charge in [0.15, 0.2) is 11.6 Å². The first-order valence-electron chi connectivity index (χ1n) is 10.1. The van der Waals surface area contributed by atoms with Crippen LogP contribution in [0.25, 0.3) is 0 Å². The Morgan fingerprint density at radius 1 is 1.18 bits per heavy atom. The maximum Gasteiger partial charge on any atom is 0.286 e. The molecule has 1 aliphatic heterocycles. The lowest BCUT2D eigenvalue weighted by atomic mass is 10.2. The van der Waals surface area contributed by atoms with Crippen molar-refractivity contribution in [1.82, 2.24) is 14.5 Å². The summed E-state index contributed by atoms with van der Waals surface area (Å²) < 4.78 is 59.6. The molecule has 1 fully saturated rings. The number of sulfonamides is 1. The van der Waals surface area contributed by atoms with E-state index in [-0.39, 0.29) is 15.6 Å². The van der Waals surface area contributed by atoms with Crippen LogP contribution >= 0.6 is 11.3 Å². The Balaban J connectivity index is 1.51. The van der Waals surface area contributed by atoms with E-state index in [9.17, 15) is 22.0 Å². The van der Waals surface area contributed by atoms with Gasteiger partial charge in [0.05, 0.1) is 17.5 Å². The van der Waals surface area contributed by atoms with E-state index < -0.39 is 33.6 Å². The first-order valence-corrected chi connectivity index (χ1v) is 12.4. The van der Waals surface area contributed by atoms with Crippen molar-refractivity contribution >= 4 is 33.0 Å². The summed E-state index contributed by atoms with van der Waals surface area (Å²) in [7, 11) is -3.80. The second-order valence-corrected chi connectivity index (χ2v) is 10.1. The van der Waals surface area contributed by atoms with Crippen LogP contribution in [0.15, 0.2) is 47.4 Å². The van der Waals surface area contributed by atoms with Gasteiger partial charge in [0.1, 0.15) is 10.8 Å². The standard InChI is InChI=1S/C21H20F2N4O4S2/c1-2-31-14-6-8-15(9-7-14)33(29,30)27-11-3-4-18(27)20-25-26-21(32-20)19(28)24-13-5-10-16(22)17(23)12-13/h5-10,12,18H,2-4,11H2,1H3,(H,24,28)/t18-/m0/s1. The summed E-state index contributed by atoms with van der Waals surface area (Å²) in [5.41, 5.74) is 0.0659. The zero-order chi connectivity index (χ0) is 23.6. The number of anilines is 1. The third-order valence-corrected chi connectivity index (χ3v) is 7.99. The second kappa shape index (κ2) is 9.49. The average molecular weight is 495 g/mol. The molecule has 174 valence electrons. The van der Waals surface area contributed by atoms with Crippen LogP contribution in [0.3, 0.4) is 0 Å². The molecule has 2 aromatic carbocycles. The van der Waals surface area contributed by atoms with Gasteiger partial charge in [-0.3, -0.25) is 4.79 Å². The summed E-state index contributed by atoms with van der Waals surface area (Å²) in [5.74, 6) is -2.19. The third kappa shape index (κ3) is 4.87. The van der Waals surface area contributed by atoms with Crippen LogP contribution in [0.5, 0.6) is 5.75 Å². The van der Waals surface area contributed by atoms with Crippen LogP contribution in [-0.2, 0) is 10.0 Å². The van der Waals surface area contributed by atoms with Crippen molar-refractivity contribution in [3.8, 4) is 5.75 Å². The molecule has 0 aliphatic carbocycles. The zero-order valence-corrected chi connectivity index (χ0v) is 19.1. The van der Waals surface area contributed by atoms with Gasteiger partial charge in [0.2, 0.25) is 15.0 Å². The van der Waals surface area contributed by atoms with Crippen molar-refractivity contribution in [2.45, 2.75) is 30.7 Å². The van der Waals surface area contributed by atoms with Gasteiger partial charge < -0.3 is 10.1 Å². The van der Waals surface area contributed by atoms with Gasteiger partial charge in [-0.15, -0.1) is 10.2 Å². The SMILES string of the molecule is CCOc1ccc(S(=O)(=O)N2CCC[C@H]2c2nnc(C(=O)Nc3ccc(F)c(F)c3)s2)cc1. The van der Waals surface area contributed by atoms with Gasteiger partial charge in [0, 0.05) is 18.3 Å². The van der Waals surface area contributed by atoms with Crippen LogP contribution in [0.4, 0.5) is 14.5 Å². The largest absolute Gasteiger partial charge is 0.494 e. The second-order valence-electron chi connectivity index (χ2n) is 7.21. The molecule has 1 saturated heterocycles. The summed E-state index contributed by atoms with van der Waals surface area (Å²) in [6, 6.07) is 8.63. The zero-order valence-electron chi connectivity index (χ0n) is 17.5. The maximum absolute atomic E-state index is 13.4. The lowest BCUT2D eigenvalue weighted by Gasteiger charge is -2.22. The van der Waals surface area contributed by atoms with Crippen molar-refractivity contribution in [1.29, 1.82) is 0 Å². The van der Waals surface area contributed by atoms with E-state index >= 15 is 0 Å². The minimum Gasteiger partial charge on any atom is -0.494 e. The third-order valence-electron chi connectivity index (χ3n) is 5.04. The minimum atomic E-state index is -3.80. The van der Waals surface area contributed by atoms with E-state index in [2.05, 4.69) is 15.5 Å². The van der Waals surface area contributed by atoms with Crippen molar-refractivity contribution in [3.63, 3.8) is 0 Å². The van der Waals surface area contributed by atoms with Crippen LogP contribution in [0.2, 0.25) is 0 Å². The topological polar surface area (TPSA) is 101 Å². The molecule has 33 heavy (non-hydrogen) atoms. The average Bonchev–Trinajstić information content (AvgIpc) is 3.47. The monoisotopic (exact) mass is 494 g/mol. The van der Waals surface area contributed by atoms with Gasteiger partial charge in [-0.1, -0.05) is 11.3 Å². The Bertz CT molecular complexity index is 1270. The number of rotatable bonds is 7. The highest BCUT2D eigenvalue weighted by Gasteiger charge is 2.38. The molecular formula is C21H20F2N4O4S2. The molecule has 1 amide bonds. The highest BCUT2D eigenvalue weighted by atomic mass is 32.2. The summed E-state index contributed by atoms with van der Waals surface area (Å²) in [6.07, 6.45) is 1.17. The maximum atomic E-state index is 13.4. The molecule has 0 spiro atoms. The fraction of sp³-hybridized carbons (Fsp3) is 0.286. The Morgan fingerprint density at radius 3 is 2.64 bits per heavy atom. The predicted molar refractivity (Wildman–Crippen MR) is 118 cm³/mol. The fourth-order valence-electron chi connectivity index (χ4n) is 3.50. The first kappa shape index (κ1) is 23.2. The summed E-state index contributed by atoms with van der Waals surface area (Å²) >= 11 is 0.961. The van der Waals surface area contributed by atoms with Crippen molar-refractivity contribution in [2.75, 3.05) is 18.5 Å². The molecule has 8 nitrogen and oxygen atoms in total. The molecule has 0 unspecified atom stereocenters. The number of nitrogens with one attached hydrogen (secondary N) is 1. The lowest BCUT2D eigenvalue weighted by Crippen LogP contribution is -2.30. The van der Waals surface area contributed by atoms with E-state index in [1.54, 1.807) is 12.1 Å². The van der Waals surface area contributed by atoms with Crippen LogP contribution < -0.4 is 10.1 Å². The highest BCUT2D eigenvalue weighted by Crippen LogP contribution is 2.38. The summed E-state index contributed by atoms with van der Waals surface area (Å²) in [4.78, 5) is 12.6. The van der Waals surface area contributed by atoms with Crippen LogP contribution in [0, 0.1) is 11.6 Å². The van der Waals surface area contributed by atoms with Crippen molar-refractivity contribution < 1.29 is 26.7 Å². The molecule has 3 aromatic rings. The Morgan fingerprint density at radius 2 is 1.94 bits per heavy atom. The normalized spacial score (nSPS) is 16.6. The van der Waals surface area contributed by atoms with Gasteiger partial charge >= 0.3 is 0 Å². The number of benzene rings is 2. The smallest absolute Gasteiger partial charge is 0.286 e. The predicted octanol–water partition coefficient (Wildman–Crippen LogP) is 3.99. The first-order chi connectivity index (χ1) is 15.8. The van der Waals surface area contributed by atoms with Crippen molar-refractivity contribution in [2.24, 2.45) is 0 Å². The van der Waals surface area contributed by atoms with Gasteiger partial charge in [-0.2, -0.15) is 4.31 Å². The molecule has 1 aromatic heterocycles. The van der Waals surface area contributed by atoms with E-state index in [0.717, 1.165) is 23.5 Å². The Kier molecular flexibility index (Phi) is 6.68. The number of hydrogen-bond acceptors (Lipinski definition) is 7. The van der Waals surface area contributed by atoms with Crippen molar-refractivity contribution in [3.05, 3.63) is 64.1 Å². The van der Waals surface area contributed by atoms with Gasteiger partial charge in [-0.25, -0.2) is 17.2 Å². The molecule has 1 atom stereocenters. The van der Waals surface area contributed by atoms with E-state index in [1.165, 1.54) is 22.5 Å². The number of aromatic nitrogens is 2. The fourth-order valence-corrected chi connectivity index (χ4v) is 6.12. The number of amides is 1. The highest BCUT2D eigenvalue weighted by molar-refractivity contribution is 7.89. The molecule has 2 heterocycles. The number of carbonyl (C=O) groups is 1. The molecule has 0 bridgehead atoms. The number of ether oxygens (including phenoxy) is 1.